The lowest BCUT2D eigenvalue weighted by atomic mass is 9.88. The molecule has 2 heterocycles. The monoisotopic (exact) mass is 507 g/mol. The van der Waals surface area contributed by atoms with Crippen LogP contribution in [0, 0.1) is 28.9 Å². The van der Waals surface area contributed by atoms with Gasteiger partial charge in [-0.15, -0.1) is 0 Å². The lowest BCUT2D eigenvalue weighted by molar-refractivity contribution is 0.359. The van der Waals surface area contributed by atoms with Crippen LogP contribution in [-0.2, 0) is 7.05 Å². The molecule has 7 nitrogen and oxygen atoms in total. The molecule has 2 fully saturated rings. The summed E-state index contributed by atoms with van der Waals surface area (Å²) in [5.41, 5.74) is 2.88. The lowest BCUT2D eigenvalue weighted by Crippen LogP contribution is -2.44. The Morgan fingerprint density at radius 2 is 1.81 bits per heavy atom. The number of ether oxygens (including phenoxy) is 1. The highest BCUT2D eigenvalue weighted by atomic mass is 19.2. The van der Waals surface area contributed by atoms with Gasteiger partial charge in [0.25, 0.3) is 5.56 Å². The Hall–Kier alpha value is -3.67. The van der Waals surface area contributed by atoms with Gasteiger partial charge in [-0.05, 0) is 56.6 Å². The number of fused-ring (bicyclic) bond motifs is 1. The smallest absolute Gasteiger partial charge is 0.252 e. The van der Waals surface area contributed by atoms with Crippen LogP contribution in [0.1, 0.15) is 44.2 Å². The van der Waals surface area contributed by atoms with Crippen molar-refractivity contribution < 1.29 is 13.5 Å². The molecule has 0 bridgehead atoms. The molecule has 1 aromatic carbocycles. The van der Waals surface area contributed by atoms with Gasteiger partial charge in [-0.2, -0.15) is 9.65 Å². The maximum Gasteiger partial charge on any atom is 0.252 e. The molecule has 0 unspecified atom stereocenters. The fourth-order valence-corrected chi connectivity index (χ4v) is 5.51. The fraction of sp³-hybridized carbons (Fsp3) is 0.464. The summed E-state index contributed by atoms with van der Waals surface area (Å²) in [7, 11) is 5.03. The summed E-state index contributed by atoms with van der Waals surface area (Å²) in [5, 5.41) is 9.35. The van der Waals surface area contributed by atoms with E-state index in [1.807, 2.05) is 7.05 Å². The van der Waals surface area contributed by atoms with Gasteiger partial charge in [0.2, 0.25) is 5.82 Å². The molecule has 0 radical (unpaired) electrons. The van der Waals surface area contributed by atoms with Crippen molar-refractivity contribution in [2.24, 2.45) is 13.0 Å². The first-order chi connectivity index (χ1) is 17.8. The van der Waals surface area contributed by atoms with E-state index in [1.165, 1.54) is 13.2 Å². The van der Waals surface area contributed by atoms with Crippen molar-refractivity contribution in [1.82, 2.24) is 9.55 Å². The maximum absolute atomic E-state index is 14.4. The van der Waals surface area contributed by atoms with Crippen LogP contribution in [-0.4, -0.2) is 42.3 Å². The number of nitriles is 1. The summed E-state index contributed by atoms with van der Waals surface area (Å²) in [6.45, 7) is 0.819. The maximum atomic E-state index is 14.4. The molecule has 2 aliphatic rings. The molecular weight excluding hydrogens is 476 g/mol. The van der Waals surface area contributed by atoms with E-state index in [0.29, 0.717) is 28.3 Å². The molecule has 0 saturated heterocycles. The first-order valence-electron chi connectivity index (χ1n) is 12.7. The van der Waals surface area contributed by atoms with Gasteiger partial charge in [-0.1, -0.05) is 0 Å². The van der Waals surface area contributed by atoms with Crippen molar-refractivity contribution in [2.75, 3.05) is 30.5 Å². The van der Waals surface area contributed by atoms with Crippen molar-refractivity contribution in [1.29, 1.82) is 5.26 Å². The Morgan fingerprint density at radius 1 is 1.11 bits per heavy atom. The van der Waals surface area contributed by atoms with Crippen molar-refractivity contribution in [3.05, 3.63) is 58.0 Å². The van der Waals surface area contributed by atoms with E-state index >= 15 is 0 Å². The van der Waals surface area contributed by atoms with Crippen LogP contribution in [0.15, 0.2) is 35.1 Å². The summed E-state index contributed by atoms with van der Waals surface area (Å²) in [6.07, 6.45) is 5.81. The highest BCUT2D eigenvalue weighted by Crippen LogP contribution is 2.38. The Morgan fingerprint density at radius 3 is 2.46 bits per heavy atom. The number of aryl methyl sites for hydroxylation is 1. The largest absolute Gasteiger partial charge is 0.493 e. The summed E-state index contributed by atoms with van der Waals surface area (Å²) in [5.74, 6) is -1.36. The summed E-state index contributed by atoms with van der Waals surface area (Å²) >= 11 is 0. The van der Waals surface area contributed by atoms with E-state index in [0.717, 1.165) is 50.8 Å². The molecule has 0 atom stereocenters. The Bertz CT molecular complexity index is 1420. The van der Waals surface area contributed by atoms with Gasteiger partial charge in [-0.25, -0.2) is 9.37 Å². The third kappa shape index (κ3) is 4.85. The van der Waals surface area contributed by atoms with E-state index in [9.17, 15) is 18.8 Å². The van der Waals surface area contributed by atoms with Crippen molar-refractivity contribution in [3.63, 3.8) is 0 Å². The molecule has 3 aromatic rings. The first kappa shape index (κ1) is 25.0. The van der Waals surface area contributed by atoms with Crippen LogP contribution in [0.3, 0.4) is 0 Å². The summed E-state index contributed by atoms with van der Waals surface area (Å²) in [4.78, 5) is 21.5. The van der Waals surface area contributed by atoms with Gasteiger partial charge in [0.15, 0.2) is 11.6 Å². The van der Waals surface area contributed by atoms with Gasteiger partial charge in [-0.3, -0.25) is 4.79 Å². The predicted octanol–water partition coefficient (Wildman–Crippen LogP) is 4.76. The highest BCUT2D eigenvalue weighted by Gasteiger charge is 2.33. The van der Waals surface area contributed by atoms with E-state index in [4.69, 9.17) is 4.74 Å². The van der Waals surface area contributed by atoms with Gasteiger partial charge in [0, 0.05) is 56.6 Å². The van der Waals surface area contributed by atoms with Crippen LogP contribution >= 0.6 is 0 Å². The van der Waals surface area contributed by atoms with E-state index in [-0.39, 0.29) is 23.4 Å². The topological polar surface area (TPSA) is 74.4 Å². The second-order valence-electron chi connectivity index (χ2n) is 10.2. The zero-order chi connectivity index (χ0) is 26.3. The van der Waals surface area contributed by atoms with Crippen molar-refractivity contribution in [3.8, 4) is 11.8 Å². The number of hydrogen-bond acceptors (Lipinski definition) is 6. The number of nitrogens with zero attached hydrogens (tertiary/aromatic N) is 5. The molecule has 0 N–H and O–H groups in total. The Balaban J connectivity index is 1.39. The van der Waals surface area contributed by atoms with E-state index < -0.39 is 11.6 Å². The number of anilines is 2. The number of rotatable bonds is 7. The van der Waals surface area contributed by atoms with Crippen LogP contribution < -0.4 is 20.1 Å². The summed E-state index contributed by atoms with van der Waals surface area (Å²) in [6, 6.07) is 10.3. The number of benzene rings is 1. The molecule has 9 heteroatoms. The SMILES string of the molecule is COc1cc(N(CC2CC2)[C@H]2CC[C@@H](N(C)c3cc(=O)n(C)c4ccc(C#N)nc34)CC2)cc(F)c1F. The molecule has 5 rings (SSSR count). The number of aromatic nitrogens is 2. The molecule has 0 spiro atoms. The van der Waals surface area contributed by atoms with Gasteiger partial charge in [0.1, 0.15) is 17.3 Å². The highest BCUT2D eigenvalue weighted by molar-refractivity contribution is 5.88. The average Bonchev–Trinajstić information content (AvgIpc) is 3.74. The molecule has 0 aliphatic heterocycles. The fourth-order valence-electron chi connectivity index (χ4n) is 5.51. The number of pyridine rings is 2. The van der Waals surface area contributed by atoms with E-state index in [1.54, 1.807) is 35.9 Å². The molecule has 194 valence electrons. The molecular formula is C28H31F2N5O2. The second-order valence-corrected chi connectivity index (χ2v) is 10.2. The van der Waals surface area contributed by atoms with Crippen LogP contribution in [0.5, 0.6) is 5.75 Å². The molecule has 2 saturated carbocycles. The Kier molecular flexibility index (Phi) is 6.76. The molecule has 2 aliphatic carbocycles. The Labute approximate surface area is 214 Å². The number of methoxy groups -OCH3 is 1. The van der Waals surface area contributed by atoms with Gasteiger partial charge >= 0.3 is 0 Å². The van der Waals surface area contributed by atoms with Gasteiger partial charge in [0.05, 0.1) is 18.3 Å². The van der Waals surface area contributed by atoms with Crippen LogP contribution in [0.2, 0.25) is 0 Å². The standard InChI is InChI=1S/C28H31F2N5O2/c1-33(24-14-26(36)34(2)23-11-6-18(15-31)32-28(23)24)19-7-9-20(10-8-19)35(16-17-4-5-17)21-12-22(29)27(30)25(13-21)37-3/h6,11-14,17,19-20H,4-5,7-10,16H2,1-3H3/t19-,20+. The minimum Gasteiger partial charge on any atom is -0.493 e. The third-order valence-corrected chi connectivity index (χ3v) is 7.90. The normalized spacial score (nSPS) is 19.5. The molecule has 2 aromatic heterocycles. The number of hydrogen-bond donors (Lipinski definition) is 0. The number of halogens is 2. The average molecular weight is 508 g/mol. The van der Waals surface area contributed by atoms with Gasteiger partial charge < -0.3 is 19.1 Å². The third-order valence-electron chi connectivity index (χ3n) is 7.90. The zero-order valence-electron chi connectivity index (χ0n) is 21.4. The zero-order valence-corrected chi connectivity index (χ0v) is 21.4. The minimum absolute atomic E-state index is 0.0778. The quantitative estimate of drug-likeness (QED) is 0.459. The minimum atomic E-state index is -0.961. The lowest BCUT2D eigenvalue weighted by Gasteiger charge is -2.41. The van der Waals surface area contributed by atoms with Crippen LogP contribution in [0.4, 0.5) is 20.2 Å². The predicted molar refractivity (Wildman–Crippen MR) is 139 cm³/mol. The first-order valence-corrected chi connectivity index (χ1v) is 12.7. The van der Waals surface area contributed by atoms with Crippen LogP contribution in [0.25, 0.3) is 11.0 Å². The molecule has 0 amide bonds. The second kappa shape index (κ2) is 10.0. The van der Waals surface area contributed by atoms with E-state index in [2.05, 4.69) is 20.9 Å². The molecule has 37 heavy (non-hydrogen) atoms. The van der Waals surface area contributed by atoms with Crippen molar-refractivity contribution >= 4 is 22.4 Å². The van der Waals surface area contributed by atoms with Crippen molar-refractivity contribution in [2.45, 2.75) is 50.6 Å². The summed E-state index contributed by atoms with van der Waals surface area (Å²) < 4.78 is 35.1.